The highest BCUT2D eigenvalue weighted by Crippen LogP contribution is 2.28. The van der Waals surface area contributed by atoms with Crippen LogP contribution in [0.3, 0.4) is 0 Å². The number of fused-ring (bicyclic) bond motifs is 1. The van der Waals surface area contributed by atoms with Gasteiger partial charge in [0.15, 0.2) is 11.6 Å². The number of imidazole rings is 1. The third-order valence-electron chi connectivity index (χ3n) is 4.90. The zero-order valence-electron chi connectivity index (χ0n) is 14.6. The van der Waals surface area contributed by atoms with Crippen molar-refractivity contribution in [3.05, 3.63) is 59.9 Å². The largest absolute Gasteiger partial charge is 0.342 e. The molecule has 1 saturated heterocycles. The highest BCUT2D eigenvalue weighted by molar-refractivity contribution is 8.00. The van der Waals surface area contributed by atoms with E-state index in [-0.39, 0.29) is 11.7 Å². The third kappa shape index (κ3) is 3.98. The predicted molar refractivity (Wildman–Crippen MR) is 102 cm³/mol. The average Bonchev–Trinajstić information content (AvgIpc) is 3.13. The Bertz CT molecular complexity index is 934. The van der Waals surface area contributed by atoms with Gasteiger partial charge in [0.05, 0.1) is 16.8 Å². The Morgan fingerprint density at radius 1 is 1.15 bits per heavy atom. The molecule has 0 aliphatic carbocycles. The van der Waals surface area contributed by atoms with Gasteiger partial charge in [-0.25, -0.2) is 13.8 Å². The minimum absolute atomic E-state index is 0.0211. The summed E-state index contributed by atoms with van der Waals surface area (Å²) in [7, 11) is 0. The van der Waals surface area contributed by atoms with Gasteiger partial charge in [-0.1, -0.05) is 12.1 Å². The van der Waals surface area contributed by atoms with Crippen LogP contribution in [0.25, 0.3) is 11.0 Å². The molecule has 0 unspecified atom stereocenters. The minimum Gasteiger partial charge on any atom is -0.342 e. The second-order valence-electron chi connectivity index (χ2n) is 6.66. The highest BCUT2D eigenvalue weighted by Gasteiger charge is 2.25. The van der Waals surface area contributed by atoms with E-state index in [0.29, 0.717) is 23.9 Å². The van der Waals surface area contributed by atoms with Gasteiger partial charge >= 0.3 is 0 Å². The van der Waals surface area contributed by atoms with E-state index < -0.39 is 11.6 Å². The number of thioether (sulfide) groups is 1. The molecule has 0 atom stereocenters. The first-order chi connectivity index (χ1) is 13.1. The number of nitrogens with one attached hydrogen (secondary N) is 1. The lowest BCUT2D eigenvalue weighted by Gasteiger charge is -2.31. The molecule has 0 bridgehead atoms. The van der Waals surface area contributed by atoms with E-state index in [4.69, 9.17) is 0 Å². The van der Waals surface area contributed by atoms with Gasteiger partial charge in [-0.05, 0) is 43.2 Å². The van der Waals surface area contributed by atoms with Crippen molar-refractivity contribution in [2.75, 3.05) is 18.8 Å². The van der Waals surface area contributed by atoms with E-state index in [2.05, 4.69) is 9.97 Å². The molecule has 27 heavy (non-hydrogen) atoms. The Labute approximate surface area is 160 Å². The summed E-state index contributed by atoms with van der Waals surface area (Å²) in [5.41, 5.74) is 2.00. The van der Waals surface area contributed by atoms with Crippen molar-refractivity contribution in [3.8, 4) is 0 Å². The number of H-pyrrole nitrogens is 1. The van der Waals surface area contributed by atoms with Crippen molar-refractivity contribution in [1.82, 2.24) is 14.9 Å². The van der Waals surface area contributed by atoms with Gasteiger partial charge in [-0.3, -0.25) is 4.79 Å². The molecule has 1 aliphatic heterocycles. The topological polar surface area (TPSA) is 49.0 Å². The number of carbonyl (C=O) groups is 1. The first-order valence-electron chi connectivity index (χ1n) is 8.90. The molecule has 1 N–H and O–H groups in total. The molecule has 4 rings (SSSR count). The number of hydrogen-bond donors (Lipinski definition) is 1. The molecule has 4 nitrogen and oxygen atoms in total. The summed E-state index contributed by atoms with van der Waals surface area (Å²) < 4.78 is 26.2. The Balaban J connectivity index is 1.31. The molecular formula is C20H19F2N3OS. The molecule has 1 aromatic heterocycles. The maximum atomic E-state index is 13.2. The number of benzene rings is 2. The average molecular weight is 387 g/mol. The molecule has 0 saturated carbocycles. The van der Waals surface area contributed by atoms with Crippen LogP contribution in [0.5, 0.6) is 0 Å². The van der Waals surface area contributed by atoms with Crippen molar-refractivity contribution in [3.63, 3.8) is 0 Å². The molecule has 140 valence electrons. The number of rotatable bonds is 4. The van der Waals surface area contributed by atoms with Gasteiger partial charge in [-0.15, -0.1) is 11.8 Å². The van der Waals surface area contributed by atoms with Crippen LogP contribution in [0.1, 0.15) is 24.6 Å². The third-order valence-corrected chi connectivity index (χ3v) is 5.87. The number of piperidine rings is 1. The normalized spacial score (nSPS) is 15.4. The van der Waals surface area contributed by atoms with Crippen molar-refractivity contribution >= 4 is 28.7 Å². The molecule has 0 radical (unpaired) electrons. The maximum Gasteiger partial charge on any atom is 0.232 e. The van der Waals surface area contributed by atoms with Gasteiger partial charge in [-0.2, -0.15) is 0 Å². The highest BCUT2D eigenvalue weighted by atomic mass is 32.2. The van der Waals surface area contributed by atoms with E-state index >= 15 is 0 Å². The van der Waals surface area contributed by atoms with Crippen molar-refractivity contribution in [2.24, 2.45) is 0 Å². The molecular weight excluding hydrogens is 368 g/mol. The molecule has 1 amide bonds. The summed E-state index contributed by atoms with van der Waals surface area (Å²) in [4.78, 5) is 22.9. The van der Waals surface area contributed by atoms with Gasteiger partial charge in [0.25, 0.3) is 0 Å². The Kier molecular flexibility index (Phi) is 5.11. The van der Waals surface area contributed by atoms with Crippen molar-refractivity contribution < 1.29 is 13.6 Å². The van der Waals surface area contributed by atoms with Crippen molar-refractivity contribution in [2.45, 2.75) is 23.7 Å². The van der Waals surface area contributed by atoms with E-state index in [1.54, 1.807) is 0 Å². The smallest absolute Gasteiger partial charge is 0.232 e. The summed E-state index contributed by atoms with van der Waals surface area (Å²) in [6.45, 7) is 1.36. The van der Waals surface area contributed by atoms with E-state index in [0.717, 1.165) is 41.8 Å². The number of nitrogens with zero attached hydrogens (tertiary/aromatic N) is 2. The fourth-order valence-corrected chi connectivity index (χ4v) is 4.19. The summed E-state index contributed by atoms with van der Waals surface area (Å²) >= 11 is 1.23. The van der Waals surface area contributed by atoms with Crippen LogP contribution in [0.2, 0.25) is 0 Å². The molecule has 1 fully saturated rings. The van der Waals surface area contributed by atoms with Gasteiger partial charge < -0.3 is 9.88 Å². The minimum atomic E-state index is -0.890. The summed E-state index contributed by atoms with van der Waals surface area (Å²) in [5.74, 6) is -0.217. The number of aromatic nitrogens is 2. The molecule has 7 heteroatoms. The zero-order chi connectivity index (χ0) is 18.8. The standard InChI is InChI=1S/C20H19F2N3OS/c21-15-6-5-14(11-16(15)22)27-12-19(26)25-9-7-13(8-10-25)20-23-17-3-1-2-4-18(17)24-20/h1-6,11,13H,7-10,12H2,(H,23,24). The molecule has 1 aliphatic rings. The predicted octanol–water partition coefficient (Wildman–Crippen LogP) is 4.34. The Morgan fingerprint density at radius 2 is 1.93 bits per heavy atom. The Morgan fingerprint density at radius 3 is 2.67 bits per heavy atom. The number of halogens is 2. The number of aromatic amines is 1. The second-order valence-corrected chi connectivity index (χ2v) is 7.71. The lowest BCUT2D eigenvalue weighted by atomic mass is 9.96. The molecule has 2 heterocycles. The number of amides is 1. The van der Waals surface area contributed by atoms with E-state index in [1.807, 2.05) is 29.2 Å². The number of hydrogen-bond acceptors (Lipinski definition) is 3. The summed E-state index contributed by atoms with van der Waals surface area (Å²) in [6, 6.07) is 11.7. The van der Waals surface area contributed by atoms with Crippen LogP contribution in [-0.2, 0) is 4.79 Å². The number of likely N-dealkylation sites (tertiary alicyclic amines) is 1. The van der Waals surface area contributed by atoms with Gasteiger partial charge in [0.1, 0.15) is 5.82 Å². The fraction of sp³-hybridized carbons (Fsp3) is 0.300. The van der Waals surface area contributed by atoms with Crippen LogP contribution in [-0.4, -0.2) is 39.6 Å². The second kappa shape index (κ2) is 7.68. The SMILES string of the molecule is O=C(CSc1ccc(F)c(F)c1)N1CCC(c2nc3ccccc3[nH]2)CC1. The van der Waals surface area contributed by atoms with E-state index in [1.165, 1.54) is 17.8 Å². The number of carbonyl (C=O) groups excluding carboxylic acids is 1. The van der Waals surface area contributed by atoms with Crippen LogP contribution in [0.15, 0.2) is 47.4 Å². The lowest BCUT2D eigenvalue weighted by molar-refractivity contribution is -0.129. The lowest BCUT2D eigenvalue weighted by Crippen LogP contribution is -2.39. The fourth-order valence-electron chi connectivity index (χ4n) is 3.37. The first-order valence-corrected chi connectivity index (χ1v) is 9.89. The maximum absolute atomic E-state index is 13.2. The van der Waals surface area contributed by atoms with Gasteiger partial charge in [0, 0.05) is 23.9 Å². The molecule has 0 spiro atoms. The molecule has 2 aromatic carbocycles. The zero-order valence-corrected chi connectivity index (χ0v) is 15.4. The quantitative estimate of drug-likeness (QED) is 0.678. The Hall–Kier alpha value is -2.41. The van der Waals surface area contributed by atoms with Crippen LogP contribution in [0, 0.1) is 11.6 Å². The number of para-hydroxylation sites is 2. The van der Waals surface area contributed by atoms with Crippen molar-refractivity contribution in [1.29, 1.82) is 0 Å². The summed E-state index contributed by atoms with van der Waals surface area (Å²) in [6.07, 6.45) is 1.73. The molecule has 3 aromatic rings. The van der Waals surface area contributed by atoms with Crippen LogP contribution in [0.4, 0.5) is 8.78 Å². The van der Waals surface area contributed by atoms with E-state index in [9.17, 15) is 13.6 Å². The van der Waals surface area contributed by atoms with Gasteiger partial charge in [0.2, 0.25) is 5.91 Å². The monoisotopic (exact) mass is 387 g/mol. The first kappa shape index (κ1) is 18.0. The van der Waals surface area contributed by atoms with Crippen LogP contribution < -0.4 is 0 Å². The van der Waals surface area contributed by atoms with Crippen LogP contribution >= 0.6 is 11.8 Å². The summed E-state index contributed by atoms with van der Waals surface area (Å²) in [5, 5.41) is 0.